The van der Waals surface area contributed by atoms with E-state index in [2.05, 4.69) is 4.98 Å². The summed E-state index contributed by atoms with van der Waals surface area (Å²) in [5.41, 5.74) is -0.305. The zero-order valence-electron chi connectivity index (χ0n) is 12.6. The lowest BCUT2D eigenvalue weighted by Gasteiger charge is -2.24. The molecule has 0 N–H and O–H groups in total. The molecule has 0 bridgehead atoms. The lowest BCUT2D eigenvalue weighted by molar-refractivity contribution is -0.138. The summed E-state index contributed by atoms with van der Waals surface area (Å²) in [6, 6.07) is 8.32. The van der Waals surface area contributed by atoms with Crippen LogP contribution in [0.3, 0.4) is 0 Å². The van der Waals surface area contributed by atoms with Gasteiger partial charge in [0.2, 0.25) is 0 Å². The van der Waals surface area contributed by atoms with E-state index in [9.17, 15) is 18.0 Å². The number of alkyl halides is 3. The largest absolute Gasteiger partial charge is 0.416 e. The van der Waals surface area contributed by atoms with Crippen LogP contribution in [0, 0.1) is 0 Å². The van der Waals surface area contributed by atoms with Gasteiger partial charge >= 0.3 is 6.18 Å². The fourth-order valence-electron chi connectivity index (χ4n) is 2.54. The van der Waals surface area contributed by atoms with E-state index in [0.29, 0.717) is 5.56 Å². The molecule has 3 rings (SSSR count). The molecule has 1 heterocycles. The minimum absolute atomic E-state index is 0.0329. The van der Waals surface area contributed by atoms with Gasteiger partial charge in [0.15, 0.2) is 0 Å². The Morgan fingerprint density at radius 2 is 1.92 bits per heavy atom. The molecule has 0 saturated heterocycles. The molecule has 0 radical (unpaired) electrons. The molecule has 2 aromatic rings. The Morgan fingerprint density at radius 3 is 2.50 bits per heavy atom. The Labute approximate surface area is 142 Å². The second-order valence-corrected chi connectivity index (χ2v) is 6.08. The van der Waals surface area contributed by atoms with E-state index < -0.39 is 11.7 Å². The van der Waals surface area contributed by atoms with Crippen molar-refractivity contribution >= 4 is 17.5 Å². The standard InChI is InChI=1S/C17H14ClF3N2O/c18-15-8-5-11(9-22-15)16(24)23(13-6-7-13)10-12-3-1-2-4-14(12)17(19,20)21/h1-5,8-9,13H,6-7,10H2. The molecule has 1 aliphatic carbocycles. The van der Waals surface area contributed by atoms with E-state index in [1.54, 1.807) is 6.07 Å². The van der Waals surface area contributed by atoms with Gasteiger partial charge in [0.05, 0.1) is 11.1 Å². The number of carbonyl (C=O) groups is 1. The molecule has 1 fully saturated rings. The number of pyridine rings is 1. The first-order valence-electron chi connectivity index (χ1n) is 7.44. The number of amides is 1. The van der Waals surface area contributed by atoms with E-state index in [1.165, 1.54) is 35.4 Å². The lowest BCUT2D eigenvalue weighted by Crippen LogP contribution is -2.33. The number of benzene rings is 1. The molecule has 24 heavy (non-hydrogen) atoms. The average Bonchev–Trinajstić information content (AvgIpc) is 3.37. The zero-order valence-corrected chi connectivity index (χ0v) is 13.3. The average molecular weight is 355 g/mol. The third-order valence-corrected chi connectivity index (χ3v) is 4.11. The lowest BCUT2D eigenvalue weighted by atomic mass is 10.1. The predicted octanol–water partition coefficient (Wildman–Crippen LogP) is 4.56. The number of rotatable bonds is 4. The van der Waals surface area contributed by atoms with Crippen molar-refractivity contribution < 1.29 is 18.0 Å². The summed E-state index contributed by atoms with van der Waals surface area (Å²) < 4.78 is 39.5. The SMILES string of the molecule is O=C(c1ccc(Cl)nc1)N(Cc1ccccc1C(F)(F)F)C1CC1. The summed E-state index contributed by atoms with van der Waals surface area (Å²) in [6.07, 6.45) is -1.52. The molecule has 1 aromatic heterocycles. The molecule has 126 valence electrons. The molecule has 0 unspecified atom stereocenters. The van der Waals surface area contributed by atoms with E-state index in [-0.39, 0.29) is 29.2 Å². The molecule has 0 spiro atoms. The van der Waals surface area contributed by atoms with Gasteiger partial charge in [0, 0.05) is 18.8 Å². The van der Waals surface area contributed by atoms with Crippen LogP contribution < -0.4 is 0 Å². The van der Waals surface area contributed by atoms with E-state index >= 15 is 0 Å². The second-order valence-electron chi connectivity index (χ2n) is 5.69. The summed E-state index contributed by atoms with van der Waals surface area (Å²) >= 11 is 5.71. The second kappa shape index (κ2) is 6.43. The summed E-state index contributed by atoms with van der Waals surface area (Å²) in [4.78, 5) is 18.0. The quantitative estimate of drug-likeness (QED) is 0.754. The fourth-order valence-corrected chi connectivity index (χ4v) is 2.65. The van der Waals surface area contributed by atoms with Crippen LogP contribution in [0.15, 0.2) is 42.6 Å². The van der Waals surface area contributed by atoms with Gasteiger partial charge in [-0.15, -0.1) is 0 Å². The predicted molar refractivity (Wildman–Crippen MR) is 83.6 cm³/mol. The fraction of sp³-hybridized carbons (Fsp3) is 0.294. The highest BCUT2D eigenvalue weighted by Gasteiger charge is 2.37. The Kier molecular flexibility index (Phi) is 4.49. The molecular weight excluding hydrogens is 341 g/mol. The van der Waals surface area contributed by atoms with Crippen LogP contribution >= 0.6 is 11.6 Å². The number of hydrogen-bond acceptors (Lipinski definition) is 2. The maximum absolute atomic E-state index is 13.2. The topological polar surface area (TPSA) is 33.2 Å². The molecule has 0 atom stereocenters. The van der Waals surface area contributed by atoms with Gasteiger partial charge in [0.25, 0.3) is 5.91 Å². The van der Waals surface area contributed by atoms with Gasteiger partial charge in [-0.1, -0.05) is 29.8 Å². The van der Waals surface area contributed by atoms with Crippen LogP contribution in [-0.2, 0) is 12.7 Å². The Balaban J connectivity index is 1.88. The first-order chi connectivity index (χ1) is 11.4. The minimum atomic E-state index is -4.45. The monoisotopic (exact) mass is 354 g/mol. The number of aromatic nitrogens is 1. The summed E-state index contributed by atoms with van der Waals surface area (Å²) in [7, 11) is 0. The number of hydrogen-bond donors (Lipinski definition) is 0. The molecule has 1 aliphatic rings. The number of nitrogens with zero attached hydrogens (tertiary/aromatic N) is 2. The van der Waals surface area contributed by atoms with E-state index in [1.807, 2.05) is 0 Å². The Hall–Kier alpha value is -2.08. The molecule has 1 aromatic carbocycles. The first-order valence-corrected chi connectivity index (χ1v) is 7.81. The van der Waals surface area contributed by atoms with Crippen molar-refractivity contribution in [1.82, 2.24) is 9.88 Å². The molecule has 0 aliphatic heterocycles. The third kappa shape index (κ3) is 3.70. The van der Waals surface area contributed by atoms with Gasteiger partial charge in [-0.05, 0) is 36.6 Å². The Morgan fingerprint density at radius 1 is 1.21 bits per heavy atom. The van der Waals surface area contributed by atoms with Crippen molar-refractivity contribution in [2.24, 2.45) is 0 Å². The van der Waals surface area contributed by atoms with Crippen molar-refractivity contribution in [3.63, 3.8) is 0 Å². The van der Waals surface area contributed by atoms with E-state index in [0.717, 1.165) is 18.9 Å². The highest BCUT2D eigenvalue weighted by Crippen LogP contribution is 2.35. The molecule has 7 heteroatoms. The van der Waals surface area contributed by atoms with Crippen LogP contribution in [0.4, 0.5) is 13.2 Å². The van der Waals surface area contributed by atoms with Crippen LogP contribution in [0.1, 0.15) is 34.3 Å². The van der Waals surface area contributed by atoms with Gasteiger partial charge in [-0.25, -0.2) is 4.98 Å². The van der Waals surface area contributed by atoms with Crippen LogP contribution in [0.5, 0.6) is 0 Å². The maximum atomic E-state index is 13.2. The third-order valence-electron chi connectivity index (χ3n) is 3.89. The zero-order chi connectivity index (χ0) is 17.3. The van der Waals surface area contributed by atoms with Gasteiger partial charge < -0.3 is 4.90 Å². The molecular formula is C17H14ClF3N2O. The summed E-state index contributed by atoms with van der Waals surface area (Å²) in [5, 5.41) is 0.256. The van der Waals surface area contributed by atoms with Crippen molar-refractivity contribution in [3.05, 3.63) is 64.4 Å². The van der Waals surface area contributed by atoms with Crippen LogP contribution in [0.2, 0.25) is 5.15 Å². The van der Waals surface area contributed by atoms with Crippen molar-refractivity contribution in [2.75, 3.05) is 0 Å². The number of carbonyl (C=O) groups excluding carboxylic acids is 1. The van der Waals surface area contributed by atoms with Gasteiger partial charge in [-0.3, -0.25) is 4.79 Å². The highest BCUT2D eigenvalue weighted by atomic mass is 35.5. The van der Waals surface area contributed by atoms with Crippen LogP contribution in [-0.4, -0.2) is 21.8 Å². The van der Waals surface area contributed by atoms with Gasteiger partial charge in [0.1, 0.15) is 5.15 Å². The van der Waals surface area contributed by atoms with Gasteiger partial charge in [-0.2, -0.15) is 13.2 Å². The molecule has 1 amide bonds. The van der Waals surface area contributed by atoms with Crippen LogP contribution in [0.25, 0.3) is 0 Å². The van der Waals surface area contributed by atoms with Crippen molar-refractivity contribution in [1.29, 1.82) is 0 Å². The highest BCUT2D eigenvalue weighted by molar-refractivity contribution is 6.29. The molecule has 1 saturated carbocycles. The minimum Gasteiger partial charge on any atom is -0.331 e. The molecule has 3 nitrogen and oxygen atoms in total. The van der Waals surface area contributed by atoms with Crippen molar-refractivity contribution in [2.45, 2.75) is 31.6 Å². The maximum Gasteiger partial charge on any atom is 0.416 e. The Bertz CT molecular complexity index is 742. The van der Waals surface area contributed by atoms with E-state index in [4.69, 9.17) is 11.6 Å². The number of halogens is 4. The first kappa shape index (κ1) is 16.8. The van der Waals surface area contributed by atoms with Crippen molar-refractivity contribution in [3.8, 4) is 0 Å². The normalized spacial score (nSPS) is 14.5. The summed E-state index contributed by atoms with van der Waals surface area (Å²) in [6.45, 7) is -0.0815. The smallest absolute Gasteiger partial charge is 0.331 e. The summed E-state index contributed by atoms with van der Waals surface area (Å²) in [5.74, 6) is -0.335.